The molecule has 1 heterocycles. The summed E-state index contributed by atoms with van der Waals surface area (Å²) in [7, 11) is 1.20. The van der Waals surface area contributed by atoms with Crippen LogP contribution in [0.5, 0.6) is 0 Å². The summed E-state index contributed by atoms with van der Waals surface area (Å²) < 4.78 is 10.1. The molecule has 3 fully saturated rings. The van der Waals surface area contributed by atoms with Crippen molar-refractivity contribution >= 4 is 23.9 Å². The monoisotopic (exact) mass is 537 g/mol. The smallest absolute Gasteiger partial charge is 0.408 e. The molecule has 3 rings (SSSR count). The first-order valence-corrected chi connectivity index (χ1v) is 13.7. The number of methoxy groups -OCH3 is 1. The van der Waals surface area contributed by atoms with E-state index < -0.39 is 53.2 Å². The Bertz CT molecular complexity index is 932. The predicted octanol–water partition coefficient (Wildman–Crippen LogP) is 2.62. The van der Waals surface area contributed by atoms with Gasteiger partial charge in [-0.2, -0.15) is 0 Å². The van der Waals surface area contributed by atoms with Crippen LogP contribution in [0, 0.1) is 28.6 Å². The molecule has 10 nitrogen and oxygen atoms in total. The molecule has 10 heteroatoms. The van der Waals surface area contributed by atoms with Gasteiger partial charge in [-0.05, 0) is 62.2 Å². The van der Waals surface area contributed by atoms with Crippen LogP contribution in [0.25, 0.3) is 0 Å². The first-order chi connectivity index (χ1) is 17.4. The molecule has 0 aromatic rings. The molecule has 3 N–H and O–H groups in total. The lowest BCUT2D eigenvalue weighted by molar-refractivity contribution is -0.153. The van der Waals surface area contributed by atoms with Crippen molar-refractivity contribution in [3.63, 3.8) is 0 Å². The van der Waals surface area contributed by atoms with Crippen LogP contribution in [-0.4, -0.2) is 77.4 Å². The number of fused-ring (bicyclic) bond motifs is 1. The van der Waals surface area contributed by atoms with Crippen LogP contribution in [0.3, 0.4) is 0 Å². The summed E-state index contributed by atoms with van der Waals surface area (Å²) in [5.74, 6) is -0.932. The van der Waals surface area contributed by atoms with Gasteiger partial charge in [-0.25, -0.2) is 9.59 Å². The third-order valence-corrected chi connectivity index (χ3v) is 8.27. The maximum Gasteiger partial charge on any atom is 0.408 e. The van der Waals surface area contributed by atoms with E-state index in [1.54, 1.807) is 25.7 Å². The second-order valence-electron chi connectivity index (χ2n) is 13.9. The predicted molar refractivity (Wildman–Crippen MR) is 141 cm³/mol. The van der Waals surface area contributed by atoms with Crippen LogP contribution in [0.4, 0.5) is 4.79 Å². The number of likely N-dealkylation sites (tertiary alicyclic amines) is 1. The summed E-state index contributed by atoms with van der Waals surface area (Å²) in [6.45, 7) is 15.4. The topological polar surface area (TPSA) is 134 Å². The van der Waals surface area contributed by atoms with Crippen molar-refractivity contribution in [2.45, 2.75) is 111 Å². The number of hydrogen-bond acceptors (Lipinski definition) is 7. The molecular formula is C28H47N3O7. The molecule has 3 amide bonds. The van der Waals surface area contributed by atoms with Gasteiger partial charge in [0, 0.05) is 6.54 Å². The van der Waals surface area contributed by atoms with Gasteiger partial charge in [-0.1, -0.05) is 47.5 Å². The number of esters is 1. The Labute approximate surface area is 226 Å². The van der Waals surface area contributed by atoms with E-state index in [2.05, 4.69) is 24.5 Å². The molecule has 1 aliphatic heterocycles. The van der Waals surface area contributed by atoms with E-state index in [0.717, 1.165) is 19.3 Å². The molecule has 0 aromatic carbocycles. The molecule has 0 aromatic heterocycles. The third-order valence-electron chi connectivity index (χ3n) is 8.27. The second-order valence-corrected chi connectivity index (χ2v) is 13.9. The van der Waals surface area contributed by atoms with E-state index in [0.29, 0.717) is 18.9 Å². The number of nitrogens with one attached hydrogen (secondary N) is 2. The summed E-state index contributed by atoms with van der Waals surface area (Å²) in [5.41, 5.74) is -1.50. The van der Waals surface area contributed by atoms with Crippen LogP contribution < -0.4 is 10.6 Å². The molecule has 2 aliphatic carbocycles. The van der Waals surface area contributed by atoms with Crippen molar-refractivity contribution in [1.29, 1.82) is 0 Å². The number of ether oxygens (including phenoxy) is 2. The van der Waals surface area contributed by atoms with E-state index >= 15 is 0 Å². The zero-order valence-electron chi connectivity index (χ0n) is 24.4. The third kappa shape index (κ3) is 6.79. The number of piperidine rings is 1. The number of alkyl carbamates (subject to hydrolysis) is 1. The normalized spacial score (nSPS) is 26.5. The lowest BCUT2D eigenvalue weighted by Gasteiger charge is -2.38. The van der Waals surface area contributed by atoms with Crippen LogP contribution in [0.15, 0.2) is 0 Å². The largest absolute Gasteiger partial charge is 0.467 e. The summed E-state index contributed by atoms with van der Waals surface area (Å²) in [6.07, 6.45) is 1.25. The zero-order valence-corrected chi connectivity index (χ0v) is 24.4. The van der Waals surface area contributed by atoms with Crippen LogP contribution in [0.2, 0.25) is 0 Å². The summed E-state index contributed by atoms with van der Waals surface area (Å²) >= 11 is 0. The Morgan fingerprint density at radius 3 is 2.16 bits per heavy atom. The fraction of sp³-hybridized carbons (Fsp3) is 0.857. The summed E-state index contributed by atoms with van der Waals surface area (Å²) in [5, 5.41) is 16.2. The Hall–Kier alpha value is -2.36. The SMILES string of the molecule is COC(=O)C(O)C(CCC1CC1)NC(=O)[C@@H]1[C@@H]2[C@H](CN1C(=O)[C@@H](NC(=O)OC(C)(C)C)C(C)(C)C)C2(C)C. The quantitative estimate of drug-likeness (QED) is 0.385. The molecule has 0 bridgehead atoms. The molecule has 1 saturated heterocycles. The molecule has 216 valence electrons. The van der Waals surface area contributed by atoms with Gasteiger partial charge in [0.25, 0.3) is 0 Å². The van der Waals surface area contributed by atoms with Gasteiger partial charge in [0.1, 0.15) is 17.7 Å². The number of carbonyl (C=O) groups excluding carboxylic acids is 4. The zero-order chi connectivity index (χ0) is 28.8. The van der Waals surface area contributed by atoms with Gasteiger partial charge in [0.15, 0.2) is 6.10 Å². The minimum Gasteiger partial charge on any atom is -0.467 e. The van der Waals surface area contributed by atoms with Crippen molar-refractivity contribution in [3.8, 4) is 0 Å². The highest BCUT2D eigenvalue weighted by molar-refractivity contribution is 5.93. The molecule has 2 saturated carbocycles. The second kappa shape index (κ2) is 10.7. The Morgan fingerprint density at radius 2 is 1.66 bits per heavy atom. The number of hydrogen-bond donors (Lipinski definition) is 3. The lowest BCUT2D eigenvalue weighted by atomic mass is 9.85. The maximum absolute atomic E-state index is 13.9. The van der Waals surface area contributed by atoms with Crippen molar-refractivity contribution < 1.29 is 33.8 Å². The number of carbonyl (C=O) groups is 4. The van der Waals surface area contributed by atoms with Crippen LogP contribution in [-0.2, 0) is 23.9 Å². The number of aliphatic hydroxyl groups excluding tert-OH is 1. The fourth-order valence-electron chi connectivity index (χ4n) is 5.74. The lowest BCUT2D eigenvalue weighted by Crippen LogP contribution is -2.61. The minimum atomic E-state index is -1.49. The summed E-state index contributed by atoms with van der Waals surface area (Å²) in [4.78, 5) is 54.0. The fourth-order valence-corrected chi connectivity index (χ4v) is 5.74. The first kappa shape index (κ1) is 30.2. The minimum absolute atomic E-state index is 0.0621. The molecule has 0 spiro atoms. The molecule has 0 radical (unpaired) electrons. The van der Waals surface area contributed by atoms with E-state index in [4.69, 9.17) is 9.47 Å². The maximum atomic E-state index is 13.9. The van der Waals surface area contributed by atoms with Gasteiger partial charge in [0.05, 0.1) is 13.2 Å². The number of aliphatic hydroxyl groups is 1. The van der Waals surface area contributed by atoms with Crippen molar-refractivity contribution in [3.05, 3.63) is 0 Å². The van der Waals surface area contributed by atoms with Crippen LogP contribution >= 0.6 is 0 Å². The highest BCUT2D eigenvalue weighted by Gasteiger charge is 2.70. The average molecular weight is 538 g/mol. The van der Waals surface area contributed by atoms with E-state index in [-0.39, 0.29) is 23.2 Å². The number of nitrogens with zero attached hydrogens (tertiary/aromatic N) is 1. The Balaban J connectivity index is 1.82. The standard InChI is InChI=1S/C28H47N3O7/c1-26(2,3)21(30-25(36)38-27(4,5)6)23(34)31-14-16-18(28(16,7)8)19(31)22(33)29-17(13-12-15-10-11-15)20(32)24(35)37-9/h15-21,32H,10-14H2,1-9H3,(H,29,33)(H,30,36)/t16-,17?,18-,19-,20?,21+/m0/s1. The Kier molecular flexibility index (Phi) is 8.47. The highest BCUT2D eigenvalue weighted by Crippen LogP contribution is 2.65. The molecular weight excluding hydrogens is 490 g/mol. The number of rotatable bonds is 9. The van der Waals surface area contributed by atoms with Crippen LogP contribution in [0.1, 0.15) is 81.1 Å². The Morgan fingerprint density at radius 1 is 1.05 bits per heavy atom. The molecule has 3 aliphatic rings. The van der Waals surface area contributed by atoms with E-state index in [1.165, 1.54) is 7.11 Å². The van der Waals surface area contributed by atoms with Gasteiger partial charge in [-0.15, -0.1) is 0 Å². The number of amides is 3. The average Bonchev–Trinajstić information content (AvgIpc) is 3.64. The van der Waals surface area contributed by atoms with Crippen molar-refractivity contribution in [2.24, 2.45) is 28.6 Å². The summed E-state index contributed by atoms with van der Waals surface area (Å²) in [6, 6.07) is -2.51. The highest BCUT2D eigenvalue weighted by atomic mass is 16.6. The van der Waals surface area contributed by atoms with Gasteiger partial charge in [0.2, 0.25) is 11.8 Å². The van der Waals surface area contributed by atoms with Gasteiger partial charge < -0.3 is 30.1 Å². The van der Waals surface area contributed by atoms with E-state index in [9.17, 15) is 24.3 Å². The molecule has 38 heavy (non-hydrogen) atoms. The first-order valence-electron chi connectivity index (χ1n) is 13.7. The molecule has 2 unspecified atom stereocenters. The van der Waals surface area contributed by atoms with Gasteiger partial charge >= 0.3 is 12.1 Å². The van der Waals surface area contributed by atoms with Gasteiger partial charge in [-0.3, -0.25) is 9.59 Å². The van der Waals surface area contributed by atoms with Crippen molar-refractivity contribution in [1.82, 2.24) is 15.5 Å². The van der Waals surface area contributed by atoms with Crippen molar-refractivity contribution in [2.75, 3.05) is 13.7 Å². The molecule has 6 atom stereocenters. The van der Waals surface area contributed by atoms with E-state index in [1.807, 2.05) is 20.8 Å².